The van der Waals surface area contributed by atoms with Gasteiger partial charge in [-0.3, -0.25) is 0 Å². The second-order valence-corrected chi connectivity index (χ2v) is 4.95. The van der Waals surface area contributed by atoms with E-state index in [0.717, 1.165) is 11.4 Å². The summed E-state index contributed by atoms with van der Waals surface area (Å²) in [6.45, 7) is 1.83. The first kappa shape index (κ1) is 15.2. The van der Waals surface area contributed by atoms with Crippen molar-refractivity contribution in [2.24, 2.45) is 0 Å². The number of anilines is 3. The van der Waals surface area contributed by atoms with Crippen LogP contribution in [0.2, 0.25) is 0 Å². The third kappa shape index (κ3) is 3.56. The number of nitrogens with zero attached hydrogens (tertiary/aromatic N) is 4. The minimum absolute atomic E-state index is 0.0233. The fourth-order valence-corrected chi connectivity index (χ4v) is 2.04. The van der Waals surface area contributed by atoms with Crippen LogP contribution in [0.5, 0.6) is 0 Å². The van der Waals surface area contributed by atoms with E-state index in [1.54, 1.807) is 12.1 Å². The smallest absolute Gasteiger partial charge is 0.232 e. The topological polar surface area (TPSA) is 114 Å². The highest BCUT2D eigenvalue weighted by Gasteiger charge is 2.11. The number of allylic oxidation sites excluding steroid dienone is 1. The molecule has 0 aliphatic carbocycles. The van der Waals surface area contributed by atoms with E-state index in [4.69, 9.17) is 10.2 Å². The number of furan rings is 1. The van der Waals surface area contributed by atoms with Gasteiger partial charge in [0.05, 0.1) is 0 Å². The Morgan fingerprint density at radius 1 is 1.17 bits per heavy atom. The van der Waals surface area contributed by atoms with Gasteiger partial charge in [-0.1, -0.05) is 18.2 Å². The van der Waals surface area contributed by atoms with Gasteiger partial charge in [0.25, 0.3) is 0 Å². The number of aromatic nitrogens is 3. The van der Waals surface area contributed by atoms with E-state index in [9.17, 15) is 5.26 Å². The molecule has 3 rings (SSSR count). The normalized spacial score (nSPS) is 11.1. The lowest BCUT2D eigenvalue weighted by molar-refractivity contribution is 0.525. The maximum absolute atomic E-state index is 9.40. The molecule has 0 saturated carbocycles. The van der Waals surface area contributed by atoms with Gasteiger partial charge in [-0.05, 0) is 31.2 Å². The Labute approximate surface area is 138 Å². The number of hydrogen-bond donors (Lipinski definition) is 2. The number of nitrogen functional groups attached to an aromatic ring is 1. The lowest BCUT2D eigenvalue weighted by atomic mass is 10.2. The summed E-state index contributed by atoms with van der Waals surface area (Å²) in [6.07, 6.45) is 1.56. The van der Waals surface area contributed by atoms with Crippen LogP contribution in [0.1, 0.15) is 17.3 Å². The minimum Gasteiger partial charge on any atom is -0.462 e. The van der Waals surface area contributed by atoms with E-state index < -0.39 is 0 Å². The van der Waals surface area contributed by atoms with Gasteiger partial charge in [-0.2, -0.15) is 20.2 Å². The SMILES string of the molecule is Cc1ccc(/C=C(\C#N)c2nc(N)nc(Nc3ccccc3)n2)o1. The van der Waals surface area contributed by atoms with Crippen LogP contribution in [0, 0.1) is 18.3 Å². The molecule has 3 N–H and O–H groups in total. The van der Waals surface area contributed by atoms with E-state index in [1.807, 2.05) is 43.3 Å². The summed E-state index contributed by atoms with van der Waals surface area (Å²) in [7, 11) is 0. The van der Waals surface area contributed by atoms with Gasteiger partial charge < -0.3 is 15.5 Å². The Morgan fingerprint density at radius 3 is 2.62 bits per heavy atom. The zero-order valence-electron chi connectivity index (χ0n) is 12.9. The summed E-state index contributed by atoms with van der Waals surface area (Å²) in [5, 5.41) is 12.4. The van der Waals surface area contributed by atoms with Gasteiger partial charge in [0, 0.05) is 11.8 Å². The summed E-state index contributed by atoms with van der Waals surface area (Å²) in [6, 6.07) is 15.0. The zero-order valence-corrected chi connectivity index (χ0v) is 12.9. The van der Waals surface area contributed by atoms with Crippen molar-refractivity contribution in [1.29, 1.82) is 5.26 Å². The van der Waals surface area contributed by atoms with E-state index in [0.29, 0.717) is 5.76 Å². The van der Waals surface area contributed by atoms with Crippen LogP contribution in [0.15, 0.2) is 46.9 Å². The maximum atomic E-state index is 9.40. The molecule has 0 unspecified atom stereocenters. The zero-order chi connectivity index (χ0) is 16.9. The van der Waals surface area contributed by atoms with E-state index in [-0.39, 0.29) is 23.3 Å². The van der Waals surface area contributed by atoms with Crippen LogP contribution in [0.4, 0.5) is 17.6 Å². The minimum atomic E-state index is 0.0233. The second-order valence-electron chi connectivity index (χ2n) is 4.95. The van der Waals surface area contributed by atoms with Crippen LogP contribution >= 0.6 is 0 Å². The molecule has 7 nitrogen and oxygen atoms in total. The third-order valence-electron chi connectivity index (χ3n) is 3.09. The Kier molecular flexibility index (Phi) is 4.21. The average molecular weight is 318 g/mol. The van der Waals surface area contributed by atoms with E-state index in [1.165, 1.54) is 0 Å². The molecular formula is C17H14N6O. The van der Waals surface area contributed by atoms with Gasteiger partial charge in [0.2, 0.25) is 11.9 Å². The highest BCUT2D eigenvalue weighted by Crippen LogP contribution is 2.19. The van der Waals surface area contributed by atoms with Crippen molar-refractivity contribution >= 4 is 29.2 Å². The van der Waals surface area contributed by atoms with Crippen LogP contribution in [-0.2, 0) is 0 Å². The number of aryl methyl sites for hydroxylation is 1. The first-order valence-electron chi connectivity index (χ1n) is 7.16. The average Bonchev–Trinajstić information content (AvgIpc) is 2.98. The third-order valence-corrected chi connectivity index (χ3v) is 3.09. The van der Waals surface area contributed by atoms with Crippen LogP contribution < -0.4 is 11.1 Å². The van der Waals surface area contributed by atoms with E-state index in [2.05, 4.69) is 26.3 Å². The van der Waals surface area contributed by atoms with Gasteiger partial charge in [0.15, 0.2) is 5.82 Å². The van der Waals surface area contributed by atoms with Crippen molar-refractivity contribution in [2.45, 2.75) is 6.92 Å². The van der Waals surface area contributed by atoms with Crippen molar-refractivity contribution in [2.75, 3.05) is 11.1 Å². The Morgan fingerprint density at radius 2 is 1.96 bits per heavy atom. The molecule has 0 spiro atoms. The molecule has 7 heteroatoms. The van der Waals surface area contributed by atoms with Crippen LogP contribution in [-0.4, -0.2) is 15.0 Å². The molecule has 0 aliphatic heterocycles. The molecule has 2 aromatic heterocycles. The molecule has 0 radical (unpaired) electrons. The monoisotopic (exact) mass is 318 g/mol. The molecule has 0 fully saturated rings. The Balaban J connectivity index is 1.95. The van der Waals surface area contributed by atoms with Gasteiger partial charge in [-0.25, -0.2) is 0 Å². The fourth-order valence-electron chi connectivity index (χ4n) is 2.04. The fraction of sp³-hybridized carbons (Fsp3) is 0.0588. The molecule has 1 aromatic carbocycles. The van der Waals surface area contributed by atoms with Crippen LogP contribution in [0.25, 0.3) is 11.6 Å². The molecule has 0 amide bonds. The standard InChI is InChI=1S/C17H14N6O/c1-11-7-8-14(24-11)9-12(10-18)15-21-16(19)23-17(22-15)20-13-5-3-2-4-6-13/h2-9H,1H3,(H3,19,20,21,22,23)/b12-9+. The molecule has 24 heavy (non-hydrogen) atoms. The van der Waals surface area contributed by atoms with Crippen LogP contribution in [0.3, 0.4) is 0 Å². The van der Waals surface area contributed by atoms with Gasteiger partial charge in [0.1, 0.15) is 23.2 Å². The number of rotatable bonds is 4. The van der Waals surface area contributed by atoms with Gasteiger partial charge >= 0.3 is 0 Å². The van der Waals surface area contributed by atoms with Crippen molar-refractivity contribution < 1.29 is 4.42 Å². The summed E-state index contributed by atoms with van der Waals surface area (Å²) in [5.74, 6) is 1.76. The number of para-hydroxylation sites is 1. The molecule has 0 aliphatic rings. The Bertz CT molecular complexity index is 924. The van der Waals surface area contributed by atoms with E-state index >= 15 is 0 Å². The number of nitrogens with one attached hydrogen (secondary N) is 1. The highest BCUT2D eigenvalue weighted by molar-refractivity contribution is 5.86. The quantitative estimate of drug-likeness (QED) is 0.710. The molecule has 3 aromatic rings. The molecule has 0 atom stereocenters. The molecule has 2 heterocycles. The predicted molar refractivity (Wildman–Crippen MR) is 90.9 cm³/mol. The number of nitrogens with two attached hydrogens (primary N) is 1. The summed E-state index contributed by atoms with van der Waals surface area (Å²) in [4.78, 5) is 12.3. The summed E-state index contributed by atoms with van der Waals surface area (Å²) >= 11 is 0. The van der Waals surface area contributed by atoms with Gasteiger partial charge in [-0.15, -0.1) is 0 Å². The predicted octanol–water partition coefficient (Wildman–Crippen LogP) is 3.16. The largest absolute Gasteiger partial charge is 0.462 e. The van der Waals surface area contributed by atoms with Crippen molar-refractivity contribution in [1.82, 2.24) is 15.0 Å². The Hall–Kier alpha value is -3.66. The molecular weight excluding hydrogens is 304 g/mol. The summed E-state index contributed by atoms with van der Waals surface area (Å²) < 4.78 is 5.45. The maximum Gasteiger partial charge on any atom is 0.232 e. The van der Waals surface area contributed by atoms with Crippen molar-refractivity contribution in [3.8, 4) is 6.07 Å². The summed E-state index contributed by atoms with van der Waals surface area (Å²) in [5.41, 5.74) is 6.78. The van der Waals surface area contributed by atoms with Crippen molar-refractivity contribution in [3.63, 3.8) is 0 Å². The lowest BCUT2D eigenvalue weighted by Crippen LogP contribution is -2.06. The number of benzene rings is 1. The first-order valence-corrected chi connectivity index (χ1v) is 7.16. The highest BCUT2D eigenvalue weighted by atomic mass is 16.3. The molecule has 0 saturated heterocycles. The lowest BCUT2D eigenvalue weighted by Gasteiger charge is -2.06. The number of nitriles is 1. The van der Waals surface area contributed by atoms with Crippen molar-refractivity contribution in [3.05, 3.63) is 59.8 Å². The molecule has 0 bridgehead atoms. The number of hydrogen-bond acceptors (Lipinski definition) is 7. The molecule has 118 valence electrons. The first-order chi connectivity index (χ1) is 11.6. The second kappa shape index (κ2) is 6.62.